The molecular formula is C15H23N3O. The standard InChI is InChI=1S/C15H23N3O/c1-4-15(7-8-15)10-17-14(19)12-9-11(16)5-6-13(12)18(2)3/h5-6,9H,4,7-8,10,16H2,1-3H3,(H,17,19). The Morgan fingerprint density at radius 1 is 1.42 bits per heavy atom. The molecule has 1 aromatic rings. The maximum atomic E-state index is 12.3. The number of hydrogen-bond donors (Lipinski definition) is 2. The van der Waals surface area contributed by atoms with E-state index in [9.17, 15) is 4.79 Å². The lowest BCUT2D eigenvalue weighted by Crippen LogP contribution is -2.31. The number of carbonyl (C=O) groups is 1. The topological polar surface area (TPSA) is 58.4 Å². The van der Waals surface area contributed by atoms with E-state index in [0.29, 0.717) is 16.7 Å². The molecule has 4 nitrogen and oxygen atoms in total. The first-order valence-electron chi connectivity index (χ1n) is 6.82. The van der Waals surface area contributed by atoms with Crippen molar-refractivity contribution in [2.45, 2.75) is 26.2 Å². The van der Waals surface area contributed by atoms with Crippen LogP contribution in [0.25, 0.3) is 0 Å². The van der Waals surface area contributed by atoms with Crippen LogP contribution in [-0.2, 0) is 0 Å². The maximum Gasteiger partial charge on any atom is 0.253 e. The van der Waals surface area contributed by atoms with Crippen LogP contribution in [0.2, 0.25) is 0 Å². The van der Waals surface area contributed by atoms with Gasteiger partial charge in [0.1, 0.15) is 0 Å². The Labute approximate surface area is 115 Å². The molecule has 0 spiro atoms. The minimum absolute atomic E-state index is 0.0317. The highest BCUT2D eigenvalue weighted by atomic mass is 16.1. The second-order valence-electron chi connectivity index (χ2n) is 5.71. The molecule has 2 rings (SSSR count). The fourth-order valence-corrected chi connectivity index (χ4v) is 2.32. The second-order valence-corrected chi connectivity index (χ2v) is 5.71. The normalized spacial score (nSPS) is 15.9. The van der Waals surface area contributed by atoms with Gasteiger partial charge in [0.25, 0.3) is 5.91 Å². The first-order chi connectivity index (χ1) is 8.97. The fraction of sp³-hybridized carbons (Fsp3) is 0.533. The van der Waals surface area contributed by atoms with Gasteiger partial charge >= 0.3 is 0 Å². The van der Waals surface area contributed by atoms with Gasteiger partial charge in [0.2, 0.25) is 0 Å². The van der Waals surface area contributed by atoms with Crippen LogP contribution in [-0.4, -0.2) is 26.5 Å². The zero-order chi connectivity index (χ0) is 14.0. The molecule has 1 aliphatic rings. The monoisotopic (exact) mass is 261 g/mol. The summed E-state index contributed by atoms with van der Waals surface area (Å²) in [5.41, 5.74) is 8.31. The van der Waals surface area contributed by atoms with Gasteiger partial charge < -0.3 is 16.0 Å². The highest BCUT2D eigenvalue weighted by Crippen LogP contribution is 2.47. The van der Waals surface area contributed by atoms with Crippen LogP contribution in [0.1, 0.15) is 36.5 Å². The number of carbonyl (C=O) groups excluding carboxylic acids is 1. The first kappa shape index (κ1) is 13.7. The summed E-state index contributed by atoms with van der Waals surface area (Å²) in [6.07, 6.45) is 3.58. The number of amides is 1. The van der Waals surface area contributed by atoms with Gasteiger partial charge in [-0.2, -0.15) is 0 Å². The summed E-state index contributed by atoms with van der Waals surface area (Å²) in [6, 6.07) is 5.45. The number of nitrogens with one attached hydrogen (secondary N) is 1. The lowest BCUT2D eigenvalue weighted by atomic mass is 10.0. The highest BCUT2D eigenvalue weighted by Gasteiger charge is 2.40. The largest absolute Gasteiger partial charge is 0.399 e. The van der Waals surface area contributed by atoms with E-state index in [1.807, 2.05) is 31.1 Å². The third-order valence-electron chi connectivity index (χ3n) is 4.08. The molecule has 0 aromatic heterocycles. The van der Waals surface area contributed by atoms with Gasteiger partial charge in [-0.15, -0.1) is 0 Å². The molecule has 1 saturated carbocycles. The van der Waals surface area contributed by atoms with Gasteiger partial charge in [0.05, 0.1) is 5.56 Å². The van der Waals surface area contributed by atoms with E-state index in [-0.39, 0.29) is 5.91 Å². The number of rotatable bonds is 5. The van der Waals surface area contributed by atoms with Crippen LogP contribution < -0.4 is 16.0 Å². The summed E-state index contributed by atoms with van der Waals surface area (Å²) >= 11 is 0. The van der Waals surface area contributed by atoms with Crippen molar-refractivity contribution in [2.24, 2.45) is 5.41 Å². The van der Waals surface area contributed by atoms with Crippen LogP contribution in [0.3, 0.4) is 0 Å². The number of nitrogen functional groups attached to an aromatic ring is 1. The van der Waals surface area contributed by atoms with Crippen molar-refractivity contribution in [3.05, 3.63) is 23.8 Å². The molecule has 1 aromatic carbocycles. The second kappa shape index (κ2) is 5.11. The molecule has 19 heavy (non-hydrogen) atoms. The summed E-state index contributed by atoms with van der Waals surface area (Å²) in [4.78, 5) is 14.3. The summed E-state index contributed by atoms with van der Waals surface area (Å²) < 4.78 is 0. The lowest BCUT2D eigenvalue weighted by Gasteiger charge is -2.19. The minimum Gasteiger partial charge on any atom is -0.399 e. The molecule has 1 fully saturated rings. The van der Waals surface area contributed by atoms with Crippen molar-refractivity contribution >= 4 is 17.3 Å². The Kier molecular flexibility index (Phi) is 3.69. The number of nitrogens with two attached hydrogens (primary N) is 1. The van der Waals surface area contributed by atoms with E-state index in [0.717, 1.165) is 18.7 Å². The Bertz CT molecular complexity index is 478. The smallest absolute Gasteiger partial charge is 0.253 e. The number of hydrogen-bond acceptors (Lipinski definition) is 3. The van der Waals surface area contributed by atoms with Crippen molar-refractivity contribution in [1.82, 2.24) is 5.32 Å². The average molecular weight is 261 g/mol. The molecule has 0 bridgehead atoms. The Morgan fingerprint density at radius 3 is 2.63 bits per heavy atom. The third kappa shape index (κ3) is 3.00. The van der Waals surface area contributed by atoms with Crippen LogP contribution >= 0.6 is 0 Å². The molecule has 4 heteroatoms. The number of benzene rings is 1. The van der Waals surface area contributed by atoms with Gasteiger partial charge in [0.15, 0.2) is 0 Å². The zero-order valence-electron chi connectivity index (χ0n) is 12.0. The van der Waals surface area contributed by atoms with Crippen molar-refractivity contribution < 1.29 is 4.79 Å². The highest BCUT2D eigenvalue weighted by molar-refractivity contribution is 6.00. The molecule has 0 atom stereocenters. The van der Waals surface area contributed by atoms with E-state index in [4.69, 9.17) is 5.73 Å². The van der Waals surface area contributed by atoms with Crippen molar-refractivity contribution in [3.8, 4) is 0 Å². The molecule has 1 amide bonds. The zero-order valence-corrected chi connectivity index (χ0v) is 12.0. The lowest BCUT2D eigenvalue weighted by molar-refractivity contribution is 0.0945. The molecule has 1 aliphatic carbocycles. The predicted octanol–water partition coefficient (Wildman–Crippen LogP) is 2.25. The molecule has 0 aliphatic heterocycles. The SMILES string of the molecule is CCC1(CNC(=O)c2cc(N)ccc2N(C)C)CC1. The quantitative estimate of drug-likeness (QED) is 0.799. The van der Waals surface area contributed by atoms with E-state index in [1.165, 1.54) is 12.8 Å². The van der Waals surface area contributed by atoms with Crippen LogP contribution in [0.15, 0.2) is 18.2 Å². The van der Waals surface area contributed by atoms with Crippen LogP contribution in [0, 0.1) is 5.41 Å². The minimum atomic E-state index is -0.0317. The number of nitrogens with zero attached hydrogens (tertiary/aromatic N) is 1. The van der Waals surface area contributed by atoms with Gasteiger partial charge in [-0.1, -0.05) is 6.92 Å². The maximum absolute atomic E-state index is 12.3. The Hall–Kier alpha value is -1.71. The Balaban J connectivity index is 2.11. The molecule has 0 heterocycles. The van der Waals surface area contributed by atoms with Gasteiger partial charge in [0, 0.05) is 32.0 Å². The van der Waals surface area contributed by atoms with Crippen LogP contribution in [0.5, 0.6) is 0 Å². The molecule has 0 saturated heterocycles. The van der Waals surface area contributed by atoms with Crippen LogP contribution in [0.4, 0.5) is 11.4 Å². The molecular weight excluding hydrogens is 238 g/mol. The third-order valence-corrected chi connectivity index (χ3v) is 4.08. The average Bonchev–Trinajstić information content (AvgIpc) is 3.16. The summed E-state index contributed by atoms with van der Waals surface area (Å²) in [5, 5.41) is 3.05. The van der Waals surface area contributed by atoms with E-state index in [1.54, 1.807) is 6.07 Å². The fourth-order valence-electron chi connectivity index (χ4n) is 2.32. The summed E-state index contributed by atoms with van der Waals surface area (Å²) in [6.45, 7) is 2.95. The van der Waals surface area contributed by atoms with Crippen molar-refractivity contribution in [3.63, 3.8) is 0 Å². The van der Waals surface area contributed by atoms with Gasteiger partial charge in [-0.3, -0.25) is 4.79 Å². The summed E-state index contributed by atoms with van der Waals surface area (Å²) in [7, 11) is 3.85. The van der Waals surface area contributed by atoms with E-state index < -0.39 is 0 Å². The van der Waals surface area contributed by atoms with E-state index in [2.05, 4.69) is 12.2 Å². The van der Waals surface area contributed by atoms with Gasteiger partial charge in [-0.25, -0.2) is 0 Å². The predicted molar refractivity (Wildman–Crippen MR) is 79.5 cm³/mol. The van der Waals surface area contributed by atoms with Crippen molar-refractivity contribution in [2.75, 3.05) is 31.3 Å². The van der Waals surface area contributed by atoms with Crippen molar-refractivity contribution in [1.29, 1.82) is 0 Å². The first-order valence-corrected chi connectivity index (χ1v) is 6.82. The molecule has 0 radical (unpaired) electrons. The summed E-state index contributed by atoms with van der Waals surface area (Å²) in [5.74, 6) is -0.0317. The Morgan fingerprint density at radius 2 is 2.11 bits per heavy atom. The number of anilines is 2. The molecule has 3 N–H and O–H groups in total. The molecule has 104 valence electrons. The van der Waals surface area contributed by atoms with E-state index >= 15 is 0 Å². The van der Waals surface area contributed by atoms with Gasteiger partial charge in [-0.05, 0) is 42.9 Å². The molecule has 0 unspecified atom stereocenters.